The first-order valence-corrected chi connectivity index (χ1v) is 9.97. The summed E-state index contributed by atoms with van der Waals surface area (Å²) in [5.74, 6) is -0.217. The molecule has 0 bridgehead atoms. The first-order chi connectivity index (χ1) is 13.2. The Kier molecular flexibility index (Phi) is 7.64. The number of halogens is 1. The zero-order valence-electron chi connectivity index (χ0n) is 17.0. The molecule has 0 aliphatic carbocycles. The monoisotopic (exact) mass is 400 g/mol. The highest BCUT2D eigenvalue weighted by molar-refractivity contribution is 6.30. The van der Waals surface area contributed by atoms with Crippen LogP contribution in [0.1, 0.15) is 45.2 Å². The largest absolute Gasteiger partial charge is 0.350 e. The molecule has 5 heteroatoms. The van der Waals surface area contributed by atoms with Gasteiger partial charge in [0.2, 0.25) is 11.8 Å². The van der Waals surface area contributed by atoms with Crippen molar-refractivity contribution >= 4 is 23.4 Å². The number of carbonyl (C=O) groups is 2. The number of carbonyl (C=O) groups excluding carboxylic acids is 2. The van der Waals surface area contributed by atoms with Crippen LogP contribution in [0.3, 0.4) is 0 Å². The number of hydrogen-bond donors (Lipinski definition) is 1. The molecule has 0 aromatic heterocycles. The number of rotatable bonds is 7. The molecule has 0 heterocycles. The number of benzene rings is 2. The number of nitrogens with one attached hydrogen (secondary N) is 1. The molecule has 2 rings (SSSR count). The van der Waals surface area contributed by atoms with Gasteiger partial charge in [0, 0.05) is 29.9 Å². The second-order valence-corrected chi connectivity index (χ2v) is 8.39. The van der Waals surface area contributed by atoms with Crippen LogP contribution in [-0.2, 0) is 22.6 Å². The van der Waals surface area contributed by atoms with E-state index >= 15 is 0 Å². The van der Waals surface area contributed by atoms with Crippen LogP contribution in [0.25, 0.3) is 0 Å². The van der Waals surface area contributed by atoms with E-state index in [-0.39, 0.29) is 17.4 Å². The third kappa shape index (κ3) is 6.68. The van der Waals surface area contributed by atoms with Gasteiger partial charge in [-0.05, 0) is 44.0 Å². The molecular weight excluding hydrogens is 372 g/mol. The normalized spacial score (nSPS) is 12.3. The van der Waals surface area contributed by atoms with Crippen LogP contribution in [0.2, 0.25) is 5.02 Å². The fourth-order valence-electron chi connectivity index (χ4n) is 3.04. The Morgan fingerprint density at radius 2 is 1.68 bits per heavy atom. The topological polar surface area (TPSA) is 49.4 Å². The lowest BCUT2D eigenvalue weighted by Gasteiger charge is -2.33. The predicted molar refractivity (Wildman–Crippen MR) is 114 cm³/mol. The van der Waals surface area contributed by atoms with E-state index in [0.29, 0.717) is 24.4 Å². The van der Waals surface area contributed by atoms with Gasteiger partial charge in [0.05, 0.1) is 0 Å². The first kappa shape index (κ1) is 22.0. The Labute approximate surface area is 172 Å². The second-order valence-electron chi connectivity index (χ2n) is 7.95. The van der Waals surface area contributed by atoms with Gasteiger partial charge in [-0.1, -0.05) is 61.0 Å². The van der Waals surface area contributed by atoms with Crippen LogP contribution >= 0.6 is 11.6 Å². The molecular formula is C23H29ClN2O2. The summed E-state index contributed by atoms with van der Waals surface area (Å²) in [6, 6.07) is 16.6. The third-order valence-electron chi connectivity index (χ3n) is 4.31. The number of nitrogens with zero attached hydrogens (tertiary/aromatic N) is 1. The van der Waals surface area contributed by atoms with E-state index in [4.69, 9.17) is 11.6 Å². The predicted octanol–water partition coefficient (Wildman–Crippen LogP) is 4.60. The van der Waals surface area contributed by atoms with E-state index in [1.807, 2.05) is 76.2 Å². The second kappa shape index (κ2) is 9.74. The smallest absolute Gasteiger partial charge is 0.243 e. The molecule has 0 saturated heterocycles. The van der Waals surface area contributed by atoms with Gasteiger partial charge in [-0.15, -0.1) is 0 Å². The molecule has 0 aliphatic rings. The highest BCUT2D eigenvalue weighted by atomic mass is 35.5. The van der Waals surface area contributed by atoms with Gasteiger partial charge in [0.15, 0.2) is 0 Å². The molecule has 28 heavy (non-hydrogen) atoms. The molecule has 0 aliphatic heterocycles. The summed E-state index contributed by atoms with van der Waals surface area (Å²) in [5.41, 5.74) is 1.52. The Bertz CT molecular complexity index is 800. The van der Waals surface area contributed by atoms with Crippen molar-refractivity contribution in [1.29, 1.82) is 0 Å². The van der Waals surface area contributed by atoms with Crippen molar-refractivity contribution in [1.82, 2.24) is 10.2 Å². The molecule has 0 fully saturated rings. The molecule has 0 radical (unpaired) electrons. The van der Waals surface area contributed by atoms with Crippen molar-refractivity contribution in [2.45, 2.75) is 58.7 Å². The van der Waals surface area contributed by atoms with Crippen molar-refractivity contribution < 1.29 is 9.59 Å². The van der Waals surface area contributed by atoms with Crippen molar-refractivity contribution in [2.75, 3.05) is 0 Å². The van der Waals surface area contributed by atoms with Crippen molar-refractivity contribution in [3.63, 3.8) is 0 Å². The van der Waals surface area contributed by atoms with Crippen molar-refractivity contribution in [3.05, 3.63) is 70.7 Å². The molecule has 150 valence electrons. The fraction of sp³-hybridized carbons (Fsp3) is 0.391. The average Bonchev–Trinajstić information content (AvgIpc) is 2.63. The number of amides is 2. The summed E-state index contributed by atoms with van der Waals surface area (Å²) in [7, 11) is 0. The van der Waals surface area contributed by atoms with Gasteiger partial charge in [-0.2, -0.15) is 0 Å². The maximum absolute atomic E-state index is 13.2. The molecule has 0 unspecified atom stereocenters. The average molecular weight is 401 g/mol. The van der Waals surface area contributed by atoms with Crippen LogP contribution in [0.4, 0.5) is 0 Å². The summed E-state index contributed by atoms with van der Waals surface area (Å²) < 4.78 is 0. The summed E-state index contributed by atoms with van der Waals surface area (Å²) in [6.07, 6.45) is 0.781. The lowest BCUT2D eigenvalue weighted by atomic mass is 10.0. The summed E-state index contributed by atoms with van der Waals surface area (Å²) in [5, 5.41) is 3.65. The lowest BCUT2D eigenvalue weighted by Crippen LogP contribution is -2.54. The fourth-order valence-corrected chi connectivity index (χ4v) is 3.25. The summed E-state index contributed by atoms with van der Waals surface area (Å²) >= 11 is 6.12. The third-order valence-corrected chi connectivity index (χ3v) is 4.55. The van der Waals surface area contributed by atoms with Gasteiger partial charge in [0.1, 0.15) is 6.04 Å². The molecule has 0 saturated carbocycles. The van der Waals surface area contributed by atoms with Gasteiger partial charge >= 0.3 is 0 Å². The Balaban J connectivity index is 2.38. The lowest BCUT2D eigenvalue weighted by molar-refractivity contribution is -0.141. The van der Waals surface area contributed by atoms with Crippen LogP contribution < -0.4 is 5.32 Å². The number of hydrogen-bond acceptors (Lipinski definition) is 2. The molecule has 1 N–H and O–H groups in total. The Morgan fingerprint density at radius 1 is 1.04 bits per heavy atom. The Morgan fingerprint density at radius 3 is 2.25 bits per heavy atom. The molecule has 1 atom stereocenters. The minimum atomic E-state index is -0.604. The van der Waals surface area contributed by atoms with E-state index in [1.54, 1.807) is 11.0 Å². The zero-order valence-corrected chi connectivity index (χ0v) is 17.8. The van der Waals surface area contributed by atoms with Crippen molar-refractivity contribution in [2.24, 2.45) is 0 Å². The minimum Gasteiger partial charge on any atom is -0.350 e. The van der Waals surface area contributed by atoms with Crippen LogP contribution in [0.15, 0.2) is 54.6 Å². The molecule has 2 aromatic rings. The summed E-state index contributed by atoms with van der Waals surface area (Å²) in [6.45, 7) is 7.96. The van der Waals surface area contributed by atoms with E-state index in [2.05, 4.69) is 5.32 Å². The molecule has 2 aromatic carbocycles. The van der Waals surface area contributed by atoms with Gasteiger partial charge in [-0.25, -0.2) is 0 Å². The first-order valence-electron chi connectivity index (χ1n) is 9.59. The SMILES string of the molecule is CCC(=O)N(Cc1cccc(Cl)c1)[C@@H](Cc1ccccc1)C(=O)NC(C)(C)C. The van der Waals surface area contributed by atoms with Crippen LogP contribution in [-0.4, -0.2) is 28.3 Å². The maximum Gasteiger partial charge on any atom is 0.243 e. The van der Waals surface area contributed by atoms with E-state index in [0.717, 1.165) is 11.1 Å². The van der Waals surface area contributed by atoms with Crippen molar-refractivity contribution in [3.8, 4) is 0 Å². The van der Waals surface area contributed by atoms with E-state index < -0.39 is 6.04 Å². The maximum atomic E-state index is 13.2. The molecule has 4 nitrogen and oxygen atoms in total. The van der Waals surface area contributed by atoms with E-state index in [9.17, 15) is 9.59 Å². The zero-order chi connectivity index (χ0) is 20.7. The van der Waals surface area contributed by atoms with Gasteiger partial charge in [0.25, 0.3) is 0 Å². The highest BCUT2D eigenvalue weighted by Crippen LogP contribution is 2.18. The summed E-state index contributed by atoms with van der Waals surface area (Å²) in [4.78, 5) is 27.6. The molecule has 0 spiro atoms. The van der Waals surface area contributed by atoms with Crippen LogP contribution in [0.5, 0.6) is 0 Å². The quantitative estimate of drug-likeness (QED) is 0.738. The standard InChI is InChI=1S/C23H29ClN2O2/c1-5-21(27)26(16-18-12-9-13-19(24)14-18)20(22(28)25-23(2,3)4)15-17-10-7-6-8-11-17/h6-14,20H,5,15-16H2,1-4H3,(H,25,28)/t20-/m0/s1. The highest BCUT2D eigenvalue weighted by Gasteiger charge is 2.31. The van der Waals surface area contributed by atoms with E-state index in [1.165, 1.54) is 0 Å². The molecule has 2 amide bonds. The van der Waals surface area contributed by atoms with Gasteiger partial charge in [-0.3, -0.25) is 9.59 Å². The van der Waals surface area contributed by atoms with Gasteiger partial charge < -0.3 is 10.2 Å². The van der Waals surface area contributed by atoms with Crippen LogP contribution in [0, 0.1) is 0 Å². The minimum absolute atomic E-state index is 0.0648. The Hall–Kier alpha value is -2.33.